The fraction of sp³-hybridized carbons (Fsp3) is 0.286. The zero-order chi connectivity index (χ0) is 19.9. The number of carbonyl (C=O) groups excluding carboxylic acids is 1. The van der Waals surface area contributed by atoms with E-state index < -0.39 is 0 Å². The number of allylic oxidation sites excluding steroid dienone is 1. The van der Waals surface area contributed by atoms with Crippen LogP contribution in [0.4, 0.5) is 0 Å². The highest BCUT2D eigenvalue weighted by atomic mass is 16.5. The van der Waals surface area contributed by atoms with Crippen molar-refractivity contribution in [3.8, 4) is 23.0 Å². The van der Waals surface area contributed by atoms with Gasteiger partial charge in [0.1, 0.15) is 18.1 Å². The molecule has 3 rings (SSSR count). The van der Waals surface area contributed by atoms with Crippen LogP contribution < -0.4 is 4.74 Å². The van der Waals surface area contributed by atoms with E-state index in [4.69, 9.17) is 9.47 Å². The first-order valence-electron chi connectivity index (χ1n) is 9.03. The molecule has 0 spiro atoms. The van der Waals surface area contributed by atoms with E-state index >= 15 is 0 Å². The van der Waals surface area contributed by atoms with Crippen LogP contribution in [-0.4, -0.2) is 65.5 Å². The van der Waals surface area contributed by atoms with Crippen LogP contribution in [-0.2, 0) is 4.74 Å². The number of aromatic hydroxyl groups is 3. The molecule has 7 heteroatoms. The Kier molecular flexibility index (Phi) is 6.52. The minimum Gasteiger partial charge on any atom is -0.507 e. The molecule has 1 aliphatic rings. The molecule has 28 heavy (non-hydrogen) atoms. The number of ketones is 1. The van der Waals surface area contributed by atoms with Crippen molar-refractivity contribution in [1.29, 1.82) is 0 Å². The van der Waals surface area contributed by atoms with Crippen molar-refractivity contribution in [3.05, 3.63) is 53.6 Å². The third-order valence-corrected chi connectivity index (χ3v) is 4.44. The summed E-state index contributed by atoms with van der Waals surface area (Å²) in [5, 5.41) is 28.9. The van der Waals surface area contributed by atoms with Gasteiger partial charge in [-0.25, -0.2) is 0 Å². The highest BCUT2D eigenvalue weighted by Crippen LogP contribution is 2.27. The smallest absolute Gasteiger partial charge is 0.189 e. The minimum absolute atomic E-state index is 0.153. The Labute approximate surface area is 163 Å². The molecule has 0 bridgehead atoms. The van der Waals surface area contributed by atoms with Crippen LogP contribution in [0.2, 0.25) is 0 Å². The molecule has 0 saturated carbocycles. The Morgan fingerprint density at radius 3 is 2.54 bits per heavy atom. The number of benzene rings is 2. The molecule has 0 amide bonds. The number of nitrogens with zero attached hydrogens (tertiary/aromatic N) is 1. The van der Waals surface area contributed by atoms with E-state index in [1.165, 1.54) is 36.4 Å². The van der Waals surface area contributed by atoms with Crippen LogP contribution in [0.25, 0.3) is 6.08 Å². The van der Waals surface area contributed by atoms with Crippen LogP contribution in [0.1, 0.15) is 15.9 Å². The molecular weight excluding hydrogens is 362 g/mol. The van der Waals surface area contributed by atoms with Gasteiger partial charge in [-0.15, -0.1) is 0 Å². The maximum atomic E-state index is 12.3. The number of phenolic OH excluding ortho intramolecular Hbond substituents is 3. The van der Waals surface area contributed by atoms with Crippen molar-refractivity contribution in [1.82, 2.24) is 4.90 Å². The van der Waals surface area contributed by atoms with Crippen LogP contribution in [0.3, 0.4) is 0 Å². The molecule has 7 nitrogen and oxygen atoms in total. The maximum Gasteiger partial charge on any atom is 0.189 e. The Balaban J connectivity index is 1.57. The first-order valence-corrected chi connectivity index (χ1v) is 9.03. The molecule has 0 aliphatic carbocycles. The third-order valence-electron chi connectivity index (χ3n) is 4.44. The lowest BCUT2D eigenvalue weighted by molar-refractivity contribution is 0.0322. The summed E-state index contributed by atoms with van der Waals surface area (Å²) in [5.41, 5.74) is 0.700. The second-order valence-corrected chi connectivity index (χ2v) is 6.43. The topological polar surface area (TPSA) is 99.5 Å². The molecular formula is C21H23NO6. The normalized spacial score (nSPS) is 15.0. The quantitative estimate of drug-likeness (QED) is 0.382. The fourth-order valence-corrected chi connectivity index (χ4v) is 2.83. The van der Waals surface area contributed by atoms with Crippen molar-refractivity contribution >= 4 is 11.9 Å². The zero-order valence-electron chi connectivity index (χ0n) is 15.4. The van der Waals surface area contributed by atoms with Gasteiger partial charge in [0.05, 0.1) is 18.8 Å². The molecule has 1 aliphatic heterocycles. The predicted molar refractivity (Wildman–Crippen MR) is 104 cm³/mol. The van der Waals surface area contributed by atoms with Crippen LogP contribution in [0.15, 0.2) is 42.5 Å². The third kappa shape index (κ3) is 5.25. The van der Waals surface area contributed by atoms with E-state index in [0.29, 0.717) is 17.9 Å². The number of rotatable bonds is 7. The lowest BCUT2D eigenvalue weighted by Crippen LogP contribution is -2.38. The molecule has 0 atom stereocenters. The van der Waals surface area contributed by atoms with Crippen molar-refractivity contribution in [3.63, 3.8) is 0 Å². The van der Waals surface area contributed by atoms with Gasteiger partial charge in [-0.1, -0.05) is 12.1 Å². The van der Waals surface area contributed by atoms with Gasteiger partial charge in [0.15, 0.2) is 17.3 Å². The molecule has 2 aromatic rings. The second kappa shape index (κ2) is 9.25. The van der Waals surface area contributed by atoms with Crippen LogP contribution >= 0.6 is 0 Å². The van der Waals surface area contributed by atoms with Crippen molar-refractivity contribution in [2.45, 2.75) is 0 Å². The van der Waals surface area contributed by atoms with Crippen LogP contribution in [0.5, 0.6) is 23.0 Å². The Hall–Kier alpha value is -3.03. The summed E-state index contributed by atoms with van der Waals surface area (Å²) in [6, 6.07) is 8.81. The van der Waals surface area contributed by atoms with Gasteiger partial charge in [0.2, 0.25) is 0 Å². The number of ether oxygens (including phenoxy) is 2. The Morgan fingerprint density at radius 1 is 1.04 bits per heavy atom. The summed E-state index contributed by atoms with van der Waals surface area (Å²) in [6.45, 7) is 4.48. The minimum atomic E-state index is -0.384. The molecule has 148 valence electrons. The van der Waals surface area contributed by atoms with Gasteiger partial charge in [-0.05, 0) is 35.9 Å². The largest absolute Gasteiger partial charge is 0.507 e. The standard InChI is InChI=1S/C21H23NO6/c23-18(5-1-15-2-6-19(24)21(26)13-15)17-4-3-16(14-20(17)25)28-12-9-22-7-10-27-11-8-22/h1-6,13-14,24-26H,7-12H2/b5-1+. The van der Waals surface area contributed by atoms with E-state index in [0.717, 1.165) is 32.8 Å². The molecule has 0 radical (unpaired) electrons. The summed E-state index contributed by atoms with van der Waals surface area (Å²) < 4.78 is 11.0. The first-order chi connectivity index (χ1) is 13.5. The lowest BCUT2D eigenvalue weighted by atomic mass is 10.1. The average molecular weight is 385 g/mol. The first kappa shape index (κ1) is 19.7. The van der Waals surface area contributed by atoms with Gasteiger partial charge in [0, 0.05) is 25.7 Å². The maximum absolute atomic E-state index is 12.3. The van der Waals surface area contributed by atoms with Crippen molar-refractivity contribution in [2.75, 3.05) is 39.5 Å². The van der Waals surface area contributed by atoms with Gasteiger partial charge < -0.3 is 24.8 Å². The van der Waals surface area contributed by atoms with E-state index in [1.807, 2.05) is 0 Å². The number of morpholine rings is 1. The van der Waals surface area contributed by atoms with Gasteiger partial charge in [-0.3, -0.25) is 9.69 Å². The van der Waals surface area contributed by atoms with E-state index in [1.54, 1.807) is 12.1 Å². The zero-order valence-corrected chi connectivity index (χ0v) is 15.4. The molecule has 1 saturated heterocycles. The molecule has 3 N–H and O–H groups in total. The predicted octanol–water partition coefficient (Wildman–Crippen LogP) is 2.41. The Morgan fingerprint density at radius 2 is 1.82 bits per heavy atom. The number of carbonyl (C=O) groups is 1. The molecule has 0 unspecified atom stereocenters. The number of hydrogen-bond acceptors (Lipinski definition) is 7. The highest BCUT2D eigenvalue weighted by molar-refractivity contribution is 6.08. The van der Waals surface area contributed by atoms with Crippen molar-refractivity contribution in [2.24, 2.45) is 0 Å². The van der Waals surface area contributed by atoms with E-state index in [9.17, 15) is 20.1 Å². The molecule has 1 heterocycles. The van der Waals surface area contributed by atoms with E-state index in [2.05, 4.69) is 4.90 Å². The summed E-state index contributed by atoms with van der Waals surface area (Å²) in [4.78, 5) is 14.5. The molecule has 1 fully saturated rings. The van der Waals surface area contributed by atoms with Crippen molar-refractivity contribution < 1.29 is 29.6 Å². The fourth-order valence-electron chi connectivity index (χ4n) is 2.83. The molecule has 0 aromatic heterocycles. The molecule has 2 aromatic carbocycles. The Bertz CT molecular complexity index is 858. The average Bonchev–Trinajstić information content (AvgIpc) is 2.69. The van der Waals surface area contributed by atoms with Gasteiger partial charge >= 0.3 is 0 Å². The highest BCUT2D eigenvalue weighted by Gasteiger charge is 2.12. The van der Waals surface area contributed by atoms with Gasteiger partial charge in [0.25, 0.3) is 0 Å². The summed E-state index contributed by atoms with van der Waals surface area (Å²) in [5.74, 6) is -0.548. The summed E-state index contributed by atoms with van der Waals surface area (Å²) in [6.07, 6.45) is 2.79. The number of hydrogen-bond donors (Lipinski definition) is 3. The monoisotopic (exact) mass is 385 g/mol. The lowest BCUT2D eigenvalue weighted by Gasteiger charge is -2.26. The van der Waals surface area contributed by atoms with E-state index in [-0.39, 0.29) is 28.6 Å². The summed E-state index contributed by atoms with van der Waals surface area (Å²) in [7, 11) is 0. The van der Waals surface area contributed by atoms with Gasteiger partial charge in [-0.2, -0.15) is 0 Å². The summed E-state index contributed by atoms with van der Waals surface area (Å²) >= 11 is 0. The van der Waals surface area contributed by atoms with Crippen LogP contribution in [0, 0.1) is 0 Å². The SMILES string of the molecule is O=C(/C=C/c1ccc(O)c(O)c1)c1ccc(OCCN2CCOCC2)cc1O. The second-order valence-electron chi connectivity index (χ2n) is 6.43. The number of phenols is 3.